The van der Waals surface area contributed by atoms with Crippen molar-refractivity contribution in [3.63, 3.8) is 0 Å². The van der Waals surface area contributed by atoms with E-state index in [0.717, 1.165) is 5.69 Å². The third-order valence-electron chi connectivity index (χ3n) is 3.92. The van der Waals surface area contributed by atoms with E-state index in [2.05, 4.69) is 45.0 Å². The van der Waals surface area contributed by atoms with Gasteiger partial charge in [-0.1, -0.05) is 13.8 Å². The van der Waals surface area contributed by atoms with Crippen LogP contribution in [0.2, 0.25) is 0 Å². The summed E-state index contributed by atoms with van der Waals surface area (Å²) >= 11 is 0. The van der Waals surface area contributed by atoms with E-state index >= 15 is 0 Å². The van der Waals surface area contributed by atoms with Gasteiger partial charge in [-0.2, -0.15) is 5.10 Å². The summed E-state index contributed by atoms with van der Waals surface area (Å²) in [4.78, 5) is 12.3. The molecule has 5 nitrogen and oxygen atoms in total. The normalized spacial score (nSPS) is 17.1. The quantitative estimate of drug-likeness (QED) is 0.874. The standard InChI is InChI=1S/C16H28N4O/c1-10(2)14-8-13(19-20(14)16(3,4)5)15(21)18-9-12(17)11-6-7-11/h8,10-12H,6-7,9,17H2,1-5H3,(H,18,21). The molecule has 2 rings (SSSR count). The van der Waals surface area contributed by atoms with Crippen LogP contribution in [-0.4, -0.2) is 28.3 Å². The number of nitrogens with one attached hydrogen (secondary N) is 1. The Morgan fingerprint density at radius 3 is 2.52 bits per heavy atom. The van der Waals surface area contributed by atoms with E-state index in [9.17, 15) is 4.79 Å². The molecule has 1 aliphatic rings. The van der Waals surface area contributed by atoms with Crippen LogP contribution in [0.5, 0.6) is 0 Å². The first-order valence-corrected chi connectivity index (χ1v) is 7.84. The second-order valence-electron chi connectivity index (χ2n) is 7.40. The Morgan fingerprint density at radius 1 is 1.48 bits per heavy atom. The van der Waals surface area contributed by atoms with Crippen LogP contribution in [0.1, 0.15) is 69.6 Å². The molecule has 0 aromatic carbocycles. The summed E-state index contributed by atoms with van der Waals surface area (Å²) in [5.41, 5.74) is 7.45. The van der Waals surface area contributed by atoms with E-state index in [0.29, 0.717) is 24.1 Å². The maximum Gasteiger partial charge on any atom is 0.271 e. The Morgan fingerprint density at radius 2 is 2.10 bits per heavy atom. The SMILES string of the molecule is CC(C)c1cc(C(=O)NCC(N)C2CC2)nn1C(C)(C)C. The molecule has 21 heavy (non-hydrogen) atoms. The molecule has 0 radical (unpaired) electrons. The molecule has 1 atom stereocenters. The van der Waals surface area contributed by atoms with Gasteiger partial charge in [0.2, 0.25) is 0 Å². The Hall–Kier alpha value is -1.36. The number of rotatable bonds is 5. The molecular weight excluding hydrogens is 264 g/mol. The van der Waals surface area contributed by atoms with Crippen molar-refractivity contribution < 1.29 is 4.79 Å². The Balaban J connectivity index is 2.10. The zero-order valence-corrected chi connectivity index (χ0v) is 13.8. The van der Waals surface area contributed by atoms with Gasteiger partial charge in [0.25, 0.3) is 5.91 Å². The summed E-state index contributed by atoms with van der Waals surface area (Å²) in [6.07, 6.45) is 2.38. The van der Waals surface area contributed by atoms with Crippen LogP contribution < -0.4 is 11.1 Å². The number of carbonyl (C=O) groups is 1. The summed E-state index contributed by atoms with van der Waals surface area (Å²) in [5.74, 6) is 0.784. The summed E-state index contributed by atoms with van der Waals surface area (Å²) in [5, 5.41) is 7.42. The van der Waals surface area contributed by atoms with Gasteiger partial charge < -0.3 is 11.1 Å². The van der Waals surface area contributed by atoms with Crippen LogP contribution in [0, 0.1) is 5.92 Å². The third-order valence-corrected chi connectivity index (χ3v) is 3.92. The molecule has 1 aliphatic carbocycles. The van der Waals surface area contributed by atoms with Crippen molar-refractivity contribution >= 4 is 5.91 Å². The van der Waals surface area contributed by atoms with Crippen LogP contribution in [0.4, 0.5) is 0 Å². The van der Waals surface area contributed by atoms with Crippen molar-refractivity contribution in [3.05, 3.63) is 17.5 Å². The number of carbonyl (C=O) groups excluding carboxylic acids is 1. The van der Waals surface area contributed by atoms with Gasteiger partial charge in [-0.25, -0.2) is 0 Å². The lowest BCUT2D eigenvalue weighted by Crippen LogP contribution is -2.38. The summed E-state index contributed by atoms with van der Waals surface area (Å²) in [6, 6.07) is 1.97. The first-order chi connectivity index (χ1) is 9.70. The Kier molecular flexibility index (Phi) is 4.42. The molecule has 0 spiro atoms. The predicted molar refractivity (Wildman–Crippen MR) is 84.3 cm³/mol. The van der Waals surface area contributed by atoms with Crippen molar-refractivity contribution in [3.8, 4) is 0 Å². The molecular formula is C16H28N4O. The number of hydrogen-bond donors (Lipinski definition) is 2. The minimum absolute atomic E-state index is 0.0724. The Labute approximate surface area is 127 Å². The average molecular weight is 292 g/mol. The minimum Gasteiger partial charge on any atom is -0.349 e. The number of nitrogens with two attached hydrogens (primary N) is 1. The molecule has 0 aliphatic heterocycles. The average Bonchev–Trinajstić information content (AvgIpc) is 3.11. The molecule has 3 N–H and O–H groups in total. The van der Waals surface area contributed by atoms with Gasteiger partial charge in [-0.3, -0.25) is 9.48 Å². The second-order valence-corrected chi connectivity index (χ2v) is 7.40. The molecule has 1 aromatic rings. The van der Waals surface area contributed by atoms with E-state index in [-0.39, 0.29) is 17.5 Å². The molecule has 118 valence electrons. The van der Waals surface area contributed by atoms with Gasteiger partial charge in [-0.05, 0) is 51.5 Å². The monoisotopic (exact) mass is 292 g/mol. The highest BCUT2D eigenvalue weighted by molar-refractivity contribution is 5.92. The van der Waals surface area contributed by atoms with Gasteiger partial charge in [0.05, 0.1) is 5.54 Å². The molecule has 1 heterocycles. The highest BCUT2D eigenvalue weighted by Crippen LogP contribution is 2.31. The van der Waals surface area contributed by atoms with Crippen molar-refractivity contribution in [1.82, 2.24) is 15.1 Å². The van der Waals surface area contributed by atoms with E-state index in [1.54, 1.807) is 0 Å². The number of hydrogen-bond acceptors (Lipinski definition) is 3. The fourth-order valence-corrected chi connectivity index (χ4v) is 2.45. The van der Waals surface area contributed by atoms with Crippen molar-refractivity contribution in [1.29, 1.82) is 0 Å². The highest BCUT2D eigenvalue weighted by atomic mass is 16.1. The summed E-state index contributed by atoms with van der Waals surface area (Å²) in [6.45, 7) is 11.0. The van der Waals surface area contributed by atoms with E-state index in [1.807, 2.05) is 10.7 Å². The van der Waals surface area contributed by atoms with Crippen LogP contribution in [0.15, 0.2) is 6.07 Å². The molecule has 1 saturated carbocycles. The van der Waals surface area contributed by atoms with Crippen LogP contribution in [0.3, 0.4) is 0 Å². The van der Waals surface area contributed by atoms with Gasteiger partial charge in [0.1, 0.15) is 5.69 Å². The molecule has 0 bridgehead atoms. The first kappa shape index (κ1) is 16.0. The smallest absolute Gasteiger partial charge is 0.271 e. The lowest BCUT2D eigenvalue weighted by Gasteiger charge is -2.23. The topological polar surface area (TPSA) is 72.9 Å². The number of nitrogens with zero attached hydrogens (tertiary/aromatic N) is 2. The number of aromatic nitrogens is 2. The molecule has 0 saturated heterocycles. The largest absolute Gasteiger partial charge is 0.349 e. The predicted octanol–water partition coefficient (Wildman–Crippen LogP) is 2.23. The maximum atomic E-state index is 12.3. The maximum absolute atomic E-state index is 12.3. The zero-order chi connectivity index (χ0) is 15.8. The molecule has 1 aromatic heterocycles. The summed E-state index contributed by atoms with van der Waals surface area (Å²) in [7, 11) is 0. The van der Waals surface area contributed by atoms with E-state index in [4.69, 9.17) is 5.73 Å². The fourth-order valence-electron chi connectivity index (χ4n) is 2.45. The first-order valence-electron chi connectivity index (χ1n) is 7.84. The van der Waals surface area contributed by atoms with Gasteiger partial charge >= 0.3 is 0 Å². The molecule has 1 unspecified atom stereocenters. The zero-order valence-electron chi connectivity index (χ0n) is 13.8. The molecule has 5 heteroatoms. The van der Waals surface area contributed by atoms with Crippen molar-refractivity contribution in [2.24, 2.45) is 11.7 Å². The van der Waals surface area contributed by atoms with Crippen LogP contribution in [0.25, 0.3) is 0 Å². The van der Waals surface area contributed by atoms with Gasteiger partial charge in [0.15, 0.2) is 0 Å². The lowest BCUT2D eigenvalue weighted by atomic mass is 10.1. The van der Waals surface area contributed by atoms with Gasteiger partial charge in [-0.15, -0.1) is 0 Å². The van der Waals surface area contributed by atoms with E-state index < -0.39 is 0 Å². The minimum atomic E-state index is -0.136. The van der Waals surface area contributed by atoms with Gasteiger partial charge in [0, 0.05) is 18.3 Å². The second kappa shape index (κ2) is 5.79. The summed E-state index contributed by atoms with van der Waals surface area (Å²) < 4.78 is 1.95. The third kappa shape index (κ3) is 3.84. The van der Waals surface area contributed by atoms with Crippen molar-refractivity contribution in [2.45, 2.75) is 65.0 Å². The lowest BCUT2D eigenvalue weighted by molar-refractivity contribution is 0.0943. The highest BCUT2D eigenvalue weighted by Gasteiger charge is 2.29. The fraction of sp³-hybridized carbons (Fsp3) is 0.750. The molecule has 1 fully saturated rings. The van der Waals surface area contributed by atoms with E-state index in [1.165, 1.54) is 12.8 Å². The van der Waals surface area contributed by atoms with Crippen LogP contribution in [-0.2, 0) is 5.54 Å². The number of amides is 1. The van der Waals surface area contributed by atoms with Crippen molar-refractivity contribution in [2.75, 3.05) is 6.54 Å². The molecule has 1 amide bonds. The Bertz CT molecular complexity index is 509. The van der Waals surface area contributed by atoms with Crippen LogP contribution >= 0.6 is 0 Å².